The third kappa shape index (κ3) is 3.69. The van der Waals surface area contributed by atoms with E-state index in [0.29, 0.717) is 18.7 Å². The molecule has 100 valence electrons. The monoisotopic (exact) mass is 278 g/mol. The molecule has 2 aromatic rings. The minimum Gasteiger partial charge on any atom is -0.399 e. The molecule has 4 heteroatoms. The lowest BCUT2D eigenvalue weighted by Crippen LogP contribution is -2.18. The number of nitrogens with two attached hydrogens (primary N) is 1. The number of halogens is 2. The fourth-order valence-corrected chi connectivity index (χ4v) is 2.21. The van der Waals surface area contributed by atoms with Crippen molar-refractivity contribution < 1.29 is 4.39 Å². The number of anilines is 1. The van der Waals surface area contributed by atoms with Gasteiger partial charge in [-0.15, -0.1) is 0 Å². The second kappa shape index (κ2) is 6.04. The smallest absolute Gasteiger partial charge is 0.146 e. The standard InChI is InChI=1S/C15H16ClFN2/c1-19(9-11-4-2-6-13(18)8-11)10-12-5-3-7-14(16)15(12)17/h2-8H,9-10,18H2,1H3. The van der Waals surface area contributed by atoms with Crippen LogP contribution in [0.5, 0.6) is 0 Å². The van der Waals surface area contributed by atoms with Crippen LogP contribution in [0.3, 0.4) is 0 Å². The molecule has 0 aliphatic rings. The number of nitrogens with zero attached hydrogens (tertiary/aromatic N) is 1. The van der Waals surface area contributed by atoms with Gasteiger partial charge in [-0.3, -0.25) is 4.90 Å². The Kier molecular flexibility index (Phi) is 4.40. The van der Waals surface area contributed by atoms with E-state index >= 15 is 0 Å². The van der Waals surface area contributed by atoms with E-state index < -0.39 is 0 Å². The summed E-state index contributed by atoms with van der Waals surface area (Å²) >= 11 is 5.77. The van der Waals surface area contributed by atoms with Gasteiger partial charge in [0.2, 0.25) is 0 Å². The van der Waals surface area contributed by atoms with Gasteiger partial charge >= 0.3 is 0 Å². The first kappa shape index (κ1) is 13.8. The van der Waals surface area contributed by atoms with Crippen molar-refractivity contribution in [1.82, 2.24) is 4.90 Å². The minimum absolute atomic E-state index is 0.162. The molecule has 0 aliphatic heterocycles. The zero-order valence-electron chi connectivity index (χ0n) is 10.7. The van der Waals surface area contributed by atoms with E-state index in [1.165, 1.54) is 0 Å². The van der Waals surface area contributed by atoms with Crippen LogP contribution in [0.4, 0.5) is 10.1 Å². The molecule has 2 aromatic carbocycles. The lowest BCUT2D eigenvalue weighted by molar-refractivity contribution is 0.313. The molecule has 0 heterocycles. The molecular formula is C15H16ClFN2. The molecule has 0 radical (unpaired) electrons. The number of hydrogen-bond acceptors (Lipinski definition) is 2. The molecule has 0 unspecified atom stereocenters. The molecule has 0 saturated carbocycles. The summed E-state index contributed by atoms with van der Waals surface area (Å²) in [6.45, 7) is 1.21. The van der Waals surface area contributed by atoms with Crippen LogP contribution >= 0.6 is 11.6 Å². The van der Waals surface area contributed by atoms with Crippen LogP contribution in [0.1, 0.15) is 11.1 Å². The molecule has 0 fully saturated rings. The molecule has 0 saturated heterocycles. The van der Waals surface area contributed by atoms with Crippen molar-refractivity contribution in [2.45, 2.75) is 13.1 Å². The second-order valence-electron chi connectivity index (χ2n) is 4.63. The number of rotatable bonds is 4. The molecule has 0 aromatic heterocycles. The van der Waals surface area contributed by atoms with Crippen molar-refractivity contribution in [3.8, 4) is 0 Å². The van der Waals surface area contributed by atoms with Gasteiger partial charge in [0.05, 0.1) is 5.02 Å². The summed E-state index contributed by atoms with van der Waals surface area (Å²) in [7, 11) is 1.93. The average molecular weight is 279 g/mol. The van der Waals surface area contributed by atoms with E-state index in [-0.39, 0.29) is 10.8 Å². The van der Waals surface area contributed by atoms with Gasteiger partial charge in [0.15, 0.2) is 0 Å². The van der Waals surface area contributed by atoms with Gasteiger partial charge in [-0.1, -0.05) is 35.9 Å². The second-order valence-corrected chi connectivity index (χ2v) is 5.04. The van der Waals surface area contributed by atoms with Crippen LogP contribution in [0.25, 0.3) is 0 Å². The maximum Gasteiger partial charge on any atom is 0.146 e. The maximum atomic E-state index is 13.8. The van der Waals surface area contributed by atoms with Crippen LogP contribution < -0.4 is 5.73 Å². The Morgan fingerprint density at radius 2 is 1.89 bits per heavy atom. The van der Waals surface area contributed by atoms with Crippen molar-refractivity contribution in [2.75, 3.05) is 12.8 Å². The van der Waals surface area contributed by atoms with E-state index in [1.54, 1.807) is 18.2 Å². The summed E-state index contributed by atoms with van der Waals surface area (Å²) in [5.74, 6) is -0.344. The van der Waals surface area contributed by atoms with Crippen LogP contribution in [0.15, 0.2) is 42.5 Å². The van der Waals surface area contributed by atoms with Gasteiger partial charge in [-0.05, 0) is 30.8 Å². The summed E-state index contributed by atoms with van der Waals surface area (Å²) in [6.07, 6.45) is 0. The summed E-state index contributed by atoms with van der Waals surface area (Å²) < 4.78 is 13.8. The van der Waals surface area contributed by atoms with Gasteiger partial charge in [0.1, 0.15) is 5.82 Å². The highest BCUT2D eigenvalue weighted by atomic mass is 35.5. The molecule has 0 bridgehead atoms. The lowest BCUT2D eigenvalue weighted by atomic mass is 10.1. The molecule has 0 spiro atoms. The zero-order valence-corrected chi connectivity index (χ0v) is 11.5. The number of nitrogen functional groups attached to an aromatic ring is 1. The van der Waals surface area contributed by atoms with Crippen LogP contribution in [0.2, 0.25) is 5.02 Å². The third-order valence-corrected chi connectivity index (χ3v) is 3.17. The summed E-state index contributed by atoms with van der Waals surface area (Å²) in [6, 6.07) is 12.7. The van der Waals surface area contributed by atoms with E-state index in [2.05, 4.69) is 0 Å². The van der Waals surface area contributed by atoms with Crippen molar-refractivity contribution in [2.24, 2.45) is 0 Å². The first-order chi connectivity index (χ1) is 9.06. The first-order valence-electron chi connectivity index (χ1n) is 6.02. The highest BCUT2D eigenvalue weighted by molar-refractivity contribution is 6.30. The van der Waals surface area contributed by atoms with Gasteiger partial charge < -0.3 is 5.73 Å². The van der Waals surface area contributed by atoms with Crippen LogP contribution in [0, 0.1) is 5.82 Å². The predicted molar refractivity (Wildman–Crippen MR) is 77.4 cm³/mol. The van der Waals surface area contributed by atoms with Crippen molar-refractivity contribution >= 4 is 17.3 Å². The topological polar surface area (TPSA) is 29.3 Å². The molecule has 19 heavy (non-hydrogen) atoms. The van der Waals surface area contributed by atoms with Crippen molar-refractivity contribution in [3.05, 3.63) is 64.4 Å². The Labute approximate surface area is 117 Å². The molecule has 2 nitrogen and oxygen atoms in total. The van der Waals surface area contributed by atoms with E-state index in [1.807, 2.05) is 36.2 Å². The Hall–Kier alpha value is -1.58. The molecule has 0 amide bonds. The van der Waals surface area contributed by atoms with Gasteiger partial charge in [-0.2, -0.15) is 0 Å². The quantitative estimate of drug-likeness (QED) is 0.864. The normalized spacial score (nSPS) is 10.9. The highest BCUT2D eigenvalue weighted by Gasteiger charge is 2.09. The minimum atomic E-state index is -0.344. The predicted octanol–water partition coefficient (Wildman–Crippen LogP) is 3.69. The summed E-state index contributed by atoms with van der Waals surface area (Å²) in [4.78, 5) is 2.02. The first-order valence-corrected chi connectivity index (χ1v) is 6.40. The third-order valence-electron chi connectivity index (χ3n) is 2.88. The largest absolute Gasteiger partial charge is 0.399 e. The molecular weight excluding hydrogens is 263 g/mol. The molecule has 0 atom stereocenters. The van der Waals surface area contributed by atoms with Gasteiger partial charge in [-0.25, -0.2) is 4.39 Å². The number of hydrogen-bond donors (Lipinski definition) is 1. The van der Waals surface area contributed by atoms with Crippen molar-refractivity contribution in [3.63, 3.8) is 0 Å². The lowest BCUT2D eigenvalue weighted by Gasteiger charge is -2.17. The molecule has 2 N–H and O–H groups in total. The van der Waals surface area contributed by atoms with Crippen LogP contribution in [-0.4, -0.2) is 11.9 Å². The van der Waals surface area contributed by atoms with E-state index in [0.717, 1.165) is 11.3 Å². The van der Waals surface area contributed by atoms with Crippen molar-refractivity contribution in [1.29, 1.82) is 0 Å². The highest BCUT2D eigenvalue weighted by Crippen LogP contribution is 2.19. The Bertz CT molecular complexity index is 572. The average Bonchev–Trinajstić information content (AvgIpc) is 2.35. The number of benzene rings is 2. The summed E-state index contributed by atoms with van der Waals surface area (Å²) in [5, 5.41) is 0.162. The fraction of sp³-hybridized carbons (Fsp3) is 0.200. The summed E-state index contributed by atoms with van der Waals surface area (Å²) in [5.41, 5.74) is 8.17. The Morgan fingerprint density at radius 3 is 2.63 bits per heavy atom. The SMILES string of the molecule is CN(Cc1cccc(N)c1)Cc1cccc(Cl)c1F. The fourth-order valence-electron chi connectivity index (χ4n) is 2.02. The van der Waals surface area contributed by atoms with Crippen LogP contribution in [-0.2, 0) is 13.1 Å². The van der Waals surface area contributed by atoms with Gasteiger partial charge in [0, 0.05) is 24.3 Å². The Morgan fingerprint density at radius 1 is 1.16 bits per heavy atom. The maximum absolute atomic E-state index is 13.8. The van der Waals surface area contributed by atoms with E-state index in [4.69, 9.17) is 17.3 Å². The Balaban J connectivity index is 2.05. The molecule has 0 aliphatic carbocycles. The van der Waals surface area contributed by atoms with E-state index in [9.17, 15) is 4.39 Å². The van der Waals surface area contributed by atoms with Gasteiger partial charge in [0.25, 0.3) is 0 Å². The zero-order chi connectivity index (χ0) is 13.8. The molecule has 2 rings (SSSR count).